The first-order valence-electron chi connectivity index (χ1n) is 10.4. The second kappa shape index (κ2) is 7.88. The number of rotatable bonds is 3. The SMILES string of the molecule is Ic1cc(-c2ccccc2)nc(-c2ccc(-c3ccc4oc5ccccc5c4c3)cc2)n1. The quantitative estimate of drug-likeness (QED) is 0.174. The van der Waals surface area contributed by atoms with Gasteiger partial charge in [0, 0.05) is 21.9 Å². The second-order valence-electron chi connectivity index (χ2n) is 7.65. The van der Waals surface area contributed by atoms with Gasteiger partial charge in [-0.2, -0.15) is 0 Å². The number of furan rings is 1. The van der Waals surface area contributed by atoms with Gasteiger partial charge < -0.3 is 4.42 Å². The van der Waals surface area contributed by atoms with Crippen LogP contribution < -0.4 is 0 Å². The first-order chi connectivity index (χ1) is 15.7. The molecule has 0 bridgehead atoms. The molecular weight excluding hydrogens is 507 g/mol. The zero-order valence-corrected chi connectivity index (χ0v) is 19.2. The van der Waals surface area contributed by atoms with Crippen LogP contribution in [0.3, 0.4) is 0 Å². The number of hydrogen-bond acceptors (Lipinski definition) is 3. The van der Waals surface area contributed by atoms with E-state index in [1.807, 2.05) is 48.5 Å². The van der Waals surface area contributed by atoms with Crippen LogP contribution in [0.2, 0.25) is 0 Å². The predicted molar refractivity (Wildman–Crippen MR) is 138 cm³/mol. The monoisotopic (exact) mass is 524 g/mol. The molecule has 4 heteroatoms. The Balaban J connectivity index is 1.38. The van der Waals surface area contributed by atoms with E-state index in [2.05, 4.69) is 82.2 Å². The van der Waals surface area contributed by atoms with Crippen LogP contribution in [0.4, 0.5) is 0 Å². The summed E-state index contributed by atoms with van der Waals surface area (Å²) in [6.07, 6.45) is 0. The van der Waals surface area contributed by atoms with E-state index in [0.717, 1.165) is 59.4 Å². The molecule has 4 aromatic carbocycles. The predicted octanol–water partition coefficient (Wildman–Crippen LogP) is 7.98. The maximum atomic E-state index is 5.96. The molecule has 0 N–H and O–H groups in total. The fraction of sp³-hybridized carbons (Fsp3) is 0. The van der Waals surface area contributed by atoms with Crippen LogP contribution in [0.5, 0.6) is 0 Å². The maximum Gasteiger partial charge on any atom is 0.160 e. The number of fused-ring (bicyclic) bond motifs is 3. The number of para-hydroxylation sites is 1. The Kier molecular flexibility index (Phi) is 4.72. The van der Waals surface area contributed by atoms with E-state index in [9.17, 15) is 0 Å². The van der Waals surface area contributed by atoms with Crippen molar-refractivity contribution in [1.82, 2.24) is 9.97 Å². The van der Waals surface area contributed by atoms with Gasteiger partial charge in [-0.3, -0.25) is 0 Å². The summed E-state index contributed by atoms with van der Waals surface area (Å²) < 4.78 is 6.89. The zero-order valence-electron chi connectivity index (χ0n) is 17.0. The third-order valence-electron chi connectivity index (χ3n) is 5.62. The summed E-state index contributed by atoms with van der Waals surface area (Å²) in [4.78, 5) is 9.48. The molecule has 0 fully saturated rings. The van der Waals surface area contributed by atoms with Gasteiger partial charge >= 0.3 is 0 Å². The molecular formula is C28H17IN2O. The van der Waals surface area contributed by atoms with Gasteiger partial charge in [0.05, 0.1) is 5.69 Å². The van der Waals surface area contributed by atoms with Gasteiger partial charge in [0.1, 0.15) is 14.9 Å². The van der Waals surface area contributed by atoms with Gasteiger partial charge in [-0.1, -0.05) is 78.9 Å². The van der Waals surface area contributed by atoms with Crippen molar-refractivity contribution in [3.63, 3.8) is 0 Å². The largest absolute Gasteiger partial charge is 0.456 e. The molecule has 0 aliphatic carbocycles. The molecule has 0 atom stereocenters. The number of benzene rings is 4. The van der Waals surface area contributed by atoms with Crippen LogP contribution in [0.15, 0.2) is 108 Å². The minimum Gasteiger partial charge on any atom is -0.456 e. The molecule has 0 spiro atoms. The van der Waals surface area contributed by atoms with E-state index in [1.54, 1.807) is 0 Å². The van der Waals surface area contributed by atoms with Crippen LogP contribution in [-0.4, -0.2) is 9.97 Å². The molecule has 2 heterocycles. The molecule has 6 aromatic rings. The van der Waals surface area contributed by atoms with Gasteiger partial charge in [-0.15, -0.1) is 0 Å². The summed E-state index contributed by atoms with van der Waals surface area (Å²) in [5.41, 5.74) is 7.15. The number of nitrogens with zero attached hydrogens (tertiary/aromatic N) is 2. The number of halogens is 1. The van der Waals surface area contributed by atoms with Gasteiger partial charge in [0.15, 0.2) is 5.82 Å². The van der Waals surface area contributed by atoms with Gasteiger partial charge in [-0.25, -0.2) is 9.97 Å². The third-order valence-corrected chi connectivity index (χ3v) is 6.17. The molecule has 0 amide bonds. The minimum atomic E-state index is 0.735. The Labute approximate surface area is 198 Å². The van der Waals surface area contributed by atoms with Crippen LogP contribution in [0.25, 0.3) is 55.7 Å². The highest BCUT2D eigenvalue weighted by molar-refractivity contribution is 14.1. The number of aromatic nitrogens is 2. The van der Waals surface area contributed by atoms with E-state index < -0.39 is 0 Å². The molecule has 0 radical (unpaired) electrons. The van der Waals surface area contributed by atoms with Crippen molar-refractivity contribution in [3.05, 3.63) is 107 Å². The minimum absolute atomic E-state index is 0.735. The average Bonchev–Trinajstić information content (AvgIpc) is 3.22. The summed E-state index contributed by atoms with van der Waals surface area (Å²) in [6.45, 7) is 0. The topological polar surface area (TPSA) is 38.9 Å². The lowest BCUT2D eigenvalue weighted by Crippen LogP contribution is -1.95. The molecule has 32 heavy (non-hydrogen) atoms. The highest BCUT2D eigenvalue weighted by Crippen LogP contribution is 2.33. The number of hydrogen-bond donors (Lipinski definition) is 0. The van der Waals surface area contributed by atoms with Crippen molar-refractivity contribution in [2.24, 2.45) is 0 Å². The van der Waals surface area contributed by atoms with E-state index >= 15 is 0 Å². The fourth-order valence-corrected chi connectivity index (χ4v) is 4.54. The lowest BCUT2D eigenvalue weighted by atomic mass is 10.0. The van der Waals surface area contributed by atoms with E-state index in [4.69, 9.17) is 9.40 Å². The molecule has 2 aromatic heterocycles. The highest BCUT2D eigenvalue weighted by Gasteiger charge is 2.10. The highest BCUT2D eigenvalue weighted by atomic mass is 127. The van der Waals surface area contributed by atoms with Gasteiger partial charge in [-0.05, 0) is 58.0 Å². The van der Waals surface area contributed by atoms with Crippen molar-refractivity contribution >= 4 is 44.5 Å². The molecule has 0 aliphatic rings. The fourth-order valence-electron chi connectivity index (χ4n) is 4.02. The molecule has 0 saturated carbocycles. The molecule has 0 unspecified atom stereocenters. The third kappa shape index (κ3) is 3.46. The Morgan fingerprint density at radius 3 is 2.06 bits per heavy atom. The lowest BCUT2D eigenvalue weighted by Gasteiger charge is -2.07. The smallest absolute Gasteiger partial charge is 0.160 e. The standard InChI is InChI=1S/C28H17IN2O/c29-27-17-24(19-6-2-1-3-7-19)30-28(31-27)20-12-10-18(11-13-20)21-14-15-26-23(16-21)22-8-4-5-9-25(22)32-26/h1-17H. The lowest BCUT2D eigenvalue weighted by molar-refractivity contribution is 0.669. The molecule has 152 valence electrons. The zero-order chi connectivity index (χ0) is 21.5. The molecule has 0 saturated heterocycles. The molecule has 6 rings (SSSR count). The van der Waals surface area contributed by atoms with Gasteiger partial charge in [0.25, 0.3) is 0 Å². The normalized spacial score (nSPS) is 11.3. The van der Waals surface area contributed by atoms with Crippen molar-refractivity contribution in [2.45, 2.75) is 0 Å². The Bertz CT molecular complexity index is 1570. The summed E-state index contributed by atoms with van der Waals surface area (Å²) in [5, 5.41) is 2.28. The first-order valence-corrected chi connectivity index (χ1v) is 11.4. The average molecular weight is 524 g/mol. The van der Waals surface area contributed by atoms with E-state index in [1.165, 1.54) is 0 Å². The second-order valence-corrected chi connectivity index (χ2v) is 8.76. The first kappa shape index (κ1) is 19.2. The van der Waals surface area contributed by atoms with Crippen molar-refractivity contribution < 1.29 is 4.42 Å². The Morgan fingerprint density at radius 1 is 0.531 bits per heavy atom. The van der Waals surface area contributed by atoms with Gasteiger partial charge in [0.2, 0.25) is 0 Å². The van der Waals surface area contributed by atoms with Crippen LogP contribution in [-0.2, 0) is 0 Å². The Morgan fingerprint density at radius 2 is 1.22 bits per heavy atom. The summed E-state index contributed by atoms with van der Waals surface area (Å²) in [5.74, 6) is 0.735. The Hall–Kier alpha value is -3.51. The summed E-state index contributed by atoms with van der Waals surface area (Å²) in [6, 6.07) is 35.2. The summed E-state index contributed by atoms with van der Waals surface area (Å²) in [7, 11) is 0. The van der Waals surface area contributed by atoms with Crippen molar-refractivity contribution in [1.29, 1.82) is 0 Å². The molecule has 3 nitrogen and oxygen atoms in total. The van der Waals surface area contributed by atoms with Crippen LogP contribution in [0.1, 0.15) is 0 Å². The van der Waals surface area contributed by atoms with Crippen molar-refractivity contribution in [3.8, 4) is 33.8 Å². The van der Waals surface area contributed by atoms with Crippen molar-refractivity contribution in [2.75, 3.05) is 0 Å². The van der Waals surface area contributed by atoms with Crippen LogP contribution in [0, 0.1) is 3.70 Å². The summed E-state index contributed by atoms with van der Waals surface area (Å²) >= 11 is 2.25. The molecule has 0 aliphatic heterocycles. The van der Waals surface area contributed by atoms with E-state index in [0.29, 0.717) is 0 Å². The maximum absolute atomic E-state index is 5.96. The van der Waals surface area contributed by atoms with E-state index in [-0.39, 0.29) is 0 Å². The van der Waals surface area contributed by atoms with Crippen LogP contribution >= 0.6 is 22.6 Å².